The van der Waals surface area contributed by atoms with E-state index >= 15 is 0 Å². The van der Waals surface area contributed by atoms with E-state index < -0.39 is 5.97 Å². The number of amides is 1. The van der Waals surface area contributed by atoms with Gasteiger partial charge in [0.25, 0.3) is 5.91 Å². The first kappa shape index (κ1) is 17.6. The maximum Gasteiger partial charge on any atom is 0.303 e. The minimum Gasteiger partial charge on any atom is -0.493 e. The molecule has 0 bridgehead atoms. The Morgan fingerprint density at radius 2 is 2.09 bits per heavy atom. The van der Waals surface area contributed by atoms with Crippen LogP contribution in [0.3, 0.4) is 0 Å². The second kappa shape index (κ2) is 9.44. The van der Waals surface area contributed by atoms with Crippen molar-refractivity contribution in [2.45, 2.75) is 19.3 Å². The highest BCUT2D eigenvalue weighted by molar-refractivity contribution is 5.94. The van der Waals surface area contributed by atoms with Crippen molar-refractivity contribution in [1.29, 1.82) is 0 Å². The number of carboxylic acid groups (broad SMARTS) is 1. The van der Waals surface area contributed by atoms with Crippen molar-refractivity contribution in [2.75, 3.05) is 20.3 Å². The fraction of sp³-hybridized carbons (Fsp3) is 0.375. The van der Waals surface area contributed by atoms with Gasteiger partial charge in [-0.25, -0.2) is 0 Å². The average Bonchev–Trinajstić information content (AvgIpc) is 2.51. The first-order valence-electron chi connectivity index (χ1n) is 7.00. The van der Waals surface area contributed by atoms with E-state index in [0.717, 1.165) is 0 Å². The first-order chi connectivity index (χ1) is 10.6. The van der Waals surface area contributed by atoms with Crippen molar-refractivity contribution in [3.05, 3.63) is 36.4 Å². The van der Waals surface area contributed by atoms with Crippen LogP contribution in [0.5, 0.6) is 11.5 Å². The predicted molar refractivity (Wildman–Crippen MR) is 82.5 cm³/mol. The molecule has 2 N–H and O–H groups in total. The number of carboxylic acids is 1. The van der Waals surface area contributed by atoms with Gasteiger partial charge >= 0.3 is 5.97 Å². The van der Waals surface area contributed by atoms with Crippen LogP contribution in [0.1, 0.15) is 29.6 Å². The van der Waals surface area contributed by atoms with E-state index in [1.807, 2.05) is 0 Å². The first-order valence-corrected chi connectivity index (χ1v) is 7.00. The highest BCUT2D eigenvalue weighted by Crippen LogP contribution is 2.28. The summed E-state index contributed by atoms with van der Waals surface area (Å²) in [6, 6.07) is 4.92. The molecule has 6 nitrogen and oxygen atoms in total. The van der Waals surface area contributed by atoms with Gasteiger partial charge in [0.05, 0.1) is 7.11 Å². The van der Waals surface area contributed by atoms with E-state index in [4.69, 9.17) is 14.6 Å². The molecule has 0 heterocycles. The van der Waals surface area contributed by atoms with Crippen LogP contribution in [0, 0.1) is 0 Å². The van der Waals surface area contributed by atoms with Crippen molar-refractivity contribution in [2.24, 2.45) is 0 Å². The number of rotatable bonds is 10. The van der Waals surface area contributed by atoms with Gasteiger partial charge in [0.15, 0.2) is 11.5 Å². The van der Waals surface area contributed by atoms with Crippen LogP contribution >= 0.6 is 0 Å². The van der Waals surface area contributed by atoms with Crippen molar-refractivity contribution >= 4 is 11.9 Å². The van der Waals surface area contributed by atoms with Gasteiger partial charge in [-0.15, -0.1) is 0 Å². The van der Waals surface area contributed by atoms with Crippen molar-refractivity contribution in [3.8, 4) is 11.5 Å². The molecule has 0 radical (unpaired) electrons. The van der Waals surface area contributed by atoms with E-state index in [0.29, 0.717) is 43.1 Å². The molecule has 0 atom stereocenters. The molecule has 120 valence electrons. The number of unbranched alkanes of at least 4 members (excludes halogenated alkanes) is 1. The SMILES string of the molecule is C=CCOc1ccc(C(=O)NCCCCC(=O)O)cc1OC. The molecule has 0 aromatic heterocycles. The highest BCUT2D eigenvalue weighted by atomic mass is 16.5. The highest BCUT2D eigenvalue weighted by Gasteiger charge is 2.10. The molecule has 0 fully saturated rings. The van der Waals surface area contributed by atoms with Crippen LogP contribution in [-0.2, 0) is 4.79 Å². The van der Waals surface area contributed by atoms with Gasteiger partial charge in [-0.3, -0.25) is 9.59 Å². The van der Waals surface area contributed by atoms with Crippen LogP contribution in [0.15, 0.2) is 30.9 Å². The molecule has 1 aromatic rings. The molecule has 0 aliphatic rings. The average molecular weight is 307 g/mol. The number of hydrogen-bond acceptors (Lipinski definition) is 4. The molecule has 0 aliphatic heterocycles. The monoisotopic (exact) mass is 307 g/mol. The zero-order valence-corrected chi connectivity index (χ0v) is 12.6. The molecule has 0 saturated heterocycles. The minimum atomic E-state index is -0.828. The van der Waals surface area contributed by atoms with Gasteiger partial charge < -0.3 is 19.9 Å². The summed E-state index contributed by atoms with van der Waals surface area (Å²) < 4.78 is 10.6. The molecule has 6 heteroatoms. The van der Waals surface area contributed by atoms with Gasteiger partial charge in [0.1, 0.15) is 6.61 Å². The normalized spacial score (nSPS) is 9.86. The smallest absolute Gasteiger partial charge is 0.303 e. The third kappa shape index (κ3) is 5.87. The van der Waals surface area contributed by atoms with Gasteiger partial charge in [0.2, 0.25) is 0 Å². The number of hydrogen-bond donors (Lipinski definition) is 2. The molecule has 0 saturated carbocycles. The Kier molecular flexibility index (Phi) is 7.53. The van der Waals surface area contributed by atoms with Crippen LogP contribution < -0.4 is 14.8 Å². The molecular weight excluding hydrogens is 286 g/mol. The summed E-state index contributed by atoms with van der Waals surface area (Å²) in [5.41, 5.74) is 0.459. The molecule has 0 spiro atoms. The number of benzene rings is 1. The summed E-state index contributed by atoms with van der Waals surface area (Å²) in [5.74, 6) is -0.0455. The third-order valence-corrected chi connectivity index (χ3v) is 2.89. The number of ether oxygens (including phenoxy) is 2. The lowest BCUT2D eigenvalue weighted by Gasteiger charge is -2.11. The van der Waals surface area contributed by atoms with Gasteiger partial charge in [0, 0.05) is 18.5 Å². The predicted octanol–water partition coefficient (Wildman–Crippen LogP) is 2.24. The Morgan fingerprint density at radius 1 is 1.32 bits per heavy atom. The van der Waals surface area contributed by atoms with Gasteiger partial charge in [-0.2, -0.15) is 0 Å². The van der Waals surface area contributed by atoms with Crippen LogP contribution in [0.2, 0.25) is 0 Å². The summed E-state index contributed by atoms with van der Waals surface area (Å²) in [4.78, 5) is 22.4. The van der Waals surface area contributed by atoms with Crippen LogP contribution in [0.25, 0.3) is 0 Å². The molecule has 1 rings (SSSR count). The summed E-state index contributed by atoms with van der Waals surface area (Å²) in [6.45, 7) is 4.36. The molecule has 0 aliphatic carbocycles. The van der Waals surface area contributed by atoms with Crippen molar-refractivity contribution in [1.82, 2.24) is 5.32 Å². The molecular formula is C16H21NO5. The molecule has 1 aromatic carbocycles. The number of aliphatic carboxylic acids is 1. The van der Waals surface area contributed by atoms with Crippen LogP contribution in [0.4, 0.5) is 0 Å². The van der Waals surface area contributed by atoms with E-state index in [1.165, 1.54) is 7.11 Å². The Labute approximate surface area is 129 Å². The summed E-state index contributed by atoms with van der Waals surface area (Å²) in [6.07, 6.45) is 2.89. The zero-order valence-electron chi connectivity index (χ0n) is 12.6. The lowest BCUT2D eigenvalue weighted by atomic mass is 10.1. The summed E-state index contributed by atoms with van der Waals surface area (Å²) in [5, 5.41) is 11.3. The van der Waals surface area contributed by atoms with E-state index in [-0.39, 0.29) is 12.3 Å². The Balaban J connectivity index is 2.54. The topological polar surface area (TPSA) is 84.9 Å². The Hall–Kier alpha value is -2.50. The van der Waals surface area contributed by atoms with E-state index in [9.17, 15) is 9.59 Å². The maximum absolute atomic E-state index is 12.0. The van der Waals surface area contributed by atoms with Crippen molar-refractivity contribution < 1.29 is 24.2 Å². The fourth-order valence-corrected chi connectivity index (χ4v) is 1.78. The lowest BCUT2D eigenvalue weighted by molar-refractivity contribution is -0.137. The summed E-state index contributed by atoms with van der Waals surface area (Å²) >= 11 is 0. The standard InChI is InChI=1S/C16H21NO5/c1-3-10-22-13-8-7-12(11-14(13)21-2)16(20)17-9-5-4-6-15(18)19/h3,7-8,11H,1,4-6,9-10H2,2H3,(H,17,20)(H,18,19). The Bertz CT molecular complexity index is 527. The van der Waals surface area contributed by atoms with Gasteiger partial charge in [-0.05, 0) is 31.0 Å². The second-order valence-corrected chi connectivity index (χ2v) is 4.57. The molecule has 1 amide bonds. The quantitative estimate of drug-likeness (QED) is 0.511. The number of carbonyl (C=O) groups is 2. The molecule has 0 unspecified atom stereocenters. The number of carbonyl (C=O) groups excluding carboxylic acids is 1. The second-order valence-electron chi connectivity index (χ2n) is 4.57. The fourth-order valence-electron chi connectivity index (χ4n) is 1.78. The number of methoxy groups -OCH3 is 1. The van der Waals surface area contributed by atoms with E-state index in [2.05, 4.69) is 11.9 Å². The number of nitrogens with one attached hydrogen (secondary N) is 1. The minimum absolute atomic E-state index is 0.110. The largest absolute Gasteiger partial charge is 0.493 e. The zero-order chi connectivity index (χ0) is 16.4. The van der Waals surface area contributed by atoms with Crippen LogP contribution in [-0.4, -0.2) is 37.2 Å². The summed E-state index contributed by atoms with van der Waals surface area (Å²) in [7, 11) is 1.50. The Morgan fingerprint density at radius 3 is 2.73 bits per heavy atom. The molecule has 22 heavy (non-hydrogen) atoms. The van der Waals surface area contributed by atoms with E-state index in [1.54, 1.807) is 24.3 Å². The lowest BCUT2D eigenvalue weighted by Crippen LogP contribution is -2.24. The van der Waals surface area contributed by atoms with Gasteiger partial charge in [-0.1, -0.05) is 12.7 Å². The maximum atomic E-state index is 12.0. The third-order valence-electron chi connectivity index (χ3n) is 2.89. The van der Waals surface area contributed by atoms with Crippen molar-refractivity contribution in [3.63, 3.8) is 0 Å².